The number of rotatable bonds is 5. The van der Waals surface area contributed by atoms with Gasteiger partial charge in [0.1, 0.15) is 12.1 Å². The maximum atomic E-state index is 12.0. The lowest BCUT2D eigenvalue weighted by atomic mass is 10.2. The molecule has 0 aliphatic heterocycles. The van der Waals surface area contributed by atoms with Crippen LogP contribution in [0.3, 0.4) is 0 Å². The van der Waals surface area contributed by atoms with Gasteiger partial charge in [-0.2, -0.15) is 0 Å². The molecule has 0 aliphatic rings. The molecule has 4 nitrogen and oxygen atoms in total. The second-order valence-electron chi connectivity index (χ2n) is 4.00. The van der Waals surface area contributed by atoms with E-state index in [4.69, 9.17) is 0 Å². The molecule has 0 heterocycles. The molecule has 1 aromatic rings. The fraction of sp³-hybridized carbons (Fsp3) is 0.214. The summed E-state index contributed by atoms with van der Waals surface area (Å²) in [5.74, 6) is -0.284. The van der Waals surface area contributed by atoms with E-state index in [1.165, 1.54) is 30.6 Å². The minimum absolute atomic E-state index is 0.284. The molecule has 0 radical (unpaired) electrons. The lowest BCUT2D eigenvalue weighted by Gasteiger charge is -2.08. The smallest absolute Gasteiger partial charge is 0.406 e. The van der Waals surface area contributed by atoms with Crippen LogP contribution in [0.4, 0.5) is 18.9 Å². The molecule has 0 bridgehead atoms. The van der Waals surface area contributed by atoms with Crippen molar-refractivity contribution in [3.63, 3.8) is 0 Å². The lowest BCUT2D eigenvalue weighted by molar-refractivity contribution is -0.274. The third kappa shape index (κ3) is 6.51. The molecule has 0 unspecified atom stereocenters. The van der Waals surface area contributed by atoms with Crippen molar-refractivity contribution in [3.05, 3.63) is 36.0 Å². The molecule has 112 valence electrons. The van der Waals surface area contributed by atoms with Crippen LogP contribution in [0, 0.1) is 0 Å². The molecular weight excluding hydrogens is 283 g/mol. The predicted molar refractivity (Wildman–Crippen MR) is 77.7 cm³/mol. The highest BCUT2D eigenvalue weighted by Crippen LogP contribution is 2.25. The zero-order chi connectivity index (χ0) is 15.9. The van der Waals surface area contributed by atoms with E-state index in [1.807, 2.05) is 0 Å². The van der Waals surface area contributed by atoms with Crippen molar-refractivity contribution >= 4 is 24.5 Å². The van der Waals surface area contributed by atoms with Crippen molar-refractivity contribution in [2.24, 2.45) is 15.0 Å². The van der Waals surface area contributed by atoms with Crippen LogP contribution in [-0.2, 0) is 0 Å². The van der Waals surface area contributed by atoms with Crippen molar-refractivity contribution in [2.75, 3.05) is 0 Å². The number of hydrogen-bond donors (Lipinski definition) is 0. The Morgan fingerprint density at radius 1 is 1.19 bits per heavy atom. The van der Waals surface area contributed by atoms with Crippen LogP contribution in [0.15, 0.2) is 51.0 Å². The third-order valence-corrected chi connectivity index (χ3v) is 2.35. The number of alkyl halides is 3. The van der Waals surface area contributed by atoms with Crippen LogP contribution in [0.25, 0.3) is 0 Å². The number of halogens is 3. The lowest BCUT2D eigenvalue weighted by Crippen LogP contribution is -2.16. The average molecular weight is 297 g/mol. The molecule has 0 aliphatic carbocycles. The van der Waals surface area contributed by atoms with Crippen molar-refractivity contribution in [1.82, 2.24) is 0 Å². The molecule has 7 heteroatoms. The minimum Gasteiger partial charge on any atom is -0.406 e. The Morgan fingerprint density at radius 2 is 1.81 bits per heavy atom. The normalized spacial score (nSPS) is 13.6. The first-order valence-electron chi connectivity index (χ1n) is 5.87. The number of benzene rings is 1. The summed E-state index contributed by atoms with van der Waals surface area (Å²) in [5.41, 5.74) is 1.99. The minimum atomic E-state index is -4.70. The van der Waals surface area contributed by atoms with E-state index in [2.05, 4.69) is 26.4 Å². The van der Waals surface area contributed by atoms with E-state index in [9.17, 15) is 13.2 Å². The van der Waals surface area contributed by atoms with Gasteiger partial charge in [0.25, 0.3) is 0 Å². The molecule has 1 rings (SSSR count). The van der Waals surface area contributed by atoms with E-state index in [0.29, 0.717) is 11.4 Å². The van der Waals surface area contributed by atoms with Crippen LogP contribution < -0.4 is 4.74 Å². The molecule has 0 fully saturated rings. The summed E-state index contributed by atoms with van der Waals surface area (Å²) >= 11 is 0. The van der Waals surface area contributed by atoms with Crippen LogP contribution in [-0.4, -0.2) is 25.1 Å². The SMILES string of the molecule is C=NC=N/C=C(\C)C(C)=Nc1ccc(OC(F)(F)F)cc1. The first-order valence-corrected chi connectivity index (χ1v) is 5.87. The summed E-state index contributed by atoms with van der Waals surface area (Å²) < 4.78 is 39.8. The van der Waals surface area contributed by atoms with Gasteiger partial charge in [-0.25, -0.2) is 4.99 Å². The van der Waals surface area contributed by atoms with Crippen LogP contribution >= 0.6 is 0 Å². The van der Waals surface area contributed by atoms with Gasteiger partial charge >= 0.3 is 6.36 Å². The first-order chi connectivity index (χ1) is 9.81. The Kier molecular flexibility index (Phi) is 5.83. The van der Waals surface area contributed by atoms with E-state index >= 15 is 0 Å². The van der Waals surface area contributed by atoms with Gasteiger partial charge in [-0.3, -0.25) is 9.98 Å². The first kappa shape index (κ1) is 16.6. The topological polar surface area (TPSA) is 46.3 Å². The molecule has 0 spiro atoms. The van der Waals surface area contributed by atoms with Gasteiger partial charge in [0.15, 0.2) is 0 Å². The molecule has 0 aromatic heterocycles. The van der Waals surface area contributed by atoms with E-state index in [-0.39, 0.29) is 5.75 Å². The van der Waals surface area contributed by atoms with Crippen molar-refractivity contribution in [2.45, 2.75) is 20.2 Å². The Labute approximate surface area is 120 Å². The fourth-order valence-electron chi connectivity index (χ4n) is 1.29. The van der Waals surface area contributed by atoms with Crippen molar-refractivity contribution < 1.29 is 17.9 Å². The number of hydrogen-bond acceptors (Lipinski definition) is 3. The van der Waals surface area contributed by atoms with Crippen LogP contribution in [0.1, 0.15) is 13.8 Å². The summed E-state index contributed by atoms with van der Waals surface area (Å²) in [6.07, 6.45) is -1.84. The second-order valence-corrected chi connectivity index (χ2v) is 4.00. The van der Waals surface area contributed by atoms with Gasteiger partial charge in [0.05, 0.1) is 5.69 Å². The summed E-state index contributed by atoms with van der Waals surface area (Å²) in [5, 5.41) is 0. The average Bonchev–Trinajstić information content (AvgIpc) is 2.39. The third-order valence-electron chi connectivity index (χ3n) is 2.35. The molecule has 0 atom stereocenters. The quantitative estimate of drug-likeness (QED) is 0.590. The van der Waals surface area contributed by atoms with Gasteiger partial charge < -0.3 is 4.74 Å². The summed E-state index contributed by atoms with van der Waals surface area (Å²) in [6, 6.07) is 5.29. The zero-order valence-corrected chi connectivity index (χ0v) is 11.6. The second kappa shape index (κ2) is 7.37. The summed E-state index contributed by atoms with van der Waals surface area (Å²) in [7, 11) is 0. The highest BCUT2D eigenvalue weighted by atomic mass is 19.4. The van der Waals surface area contributed by atoms with E-state index in [0.717, 1.165) is 5.57 Å². The van der Waals surface area contributed by atoms with Crippen molar-refractivity contribution in [3.8, 4) is 5.75 Å². The molecule has 0 N–H and O–H groups in total. The highest BCUT2D eigenvalue weighted by molar-refractivity contribution is 5.99. The molecule has 21 heavy (non-hydrogen) atoms. The van der Waals surface area contributed by atoms with E-state index in [1.54, 1.807) is 20.0 Å². The molecule has 0 amide bonds. The summed E-state index contributed by atoms with van der Waals surface area (Å²) in [4.78, 5) is 11.6. The number of ether oxygens (including phenoxy) is 1. The van der Waals surface area contributed by atoms with Gasteiger partial charge in [-0.1, -0.05) is 0 Å². The van der Waals surface area contributed by atoms with Gasteiger partial charge in [0.2, 0.25) is 0 Å². The van der Waals surface area contributed by atoms with Gasteiger partial charge in [0, 0.05) is 11.9 Å². The maximum absolute atomic E-state index is 12.0. The standard InChI is InChI=1S/C14H14F3N3O/c1-10(8-19-9-18-3)11(2)20-12-4-6-13(7-5-12)21-14(15,16)17/h4-9H,3H2,1-2H3/b10-8+,19-9?,20-11?. The predicted octanol–water partition coefficient (Wildman–Crippen LogP) is 4.31. The Hall–Kier alpha value is -2.44. The van der Waals surface area contributed by atoms with Crippen LogP contribution in [0.2, 0.25) is 0 Å². The largest absolute Gasteiger partial charge is 0.573 e. The Bertz CT molecular complexity index is 572. The molecular formula is C14H14F3N3O. The maximum Gasteiger partial charge on any atom is 0.573 e. The Morgan fingerprint density at radius 3 is 2.33 bits per heavy atom. The van der Waals surface area contributed by atoms with Gasteiger partial charge in [-0.05, 0) is 50.4 Å². The van der Waals surface area contributed by atoms with Gasteiger partial charge in [-0.15, -0.1) is 13.2 Å². The van der Waals surface area contributed by atoms with Crippen LogP contribution in [0.5, 0.6) is 5.75 Å². The number of allylic oxidation sites excluding steroid dienone is 1. The molecule has 0 saturated carbocycles. The Balaban J connectivity index is 2.82. The van der Waals surface area contributed by atoms with Crippen molar-refractivity contribution in [1.29, 1.82) is 0 Å². The number of aliphatic imine (C=N–C) groups is 3. The molecule has 0 saturated heterocycles. The zero-order valence-electron chi connectivity index (χ0n) is 11.6. The number of nitrogens with zero attached hydrogens (tertiary/aromatic N) is 3. The summed E-state index contributed by atoms with van der Waals surface area (Å²) in [6.45, 7) is 6.83. The highest BCUT2D eigenvalue weighted by Gasteiger charge is 2.30. The molecule has 1 aromatic carbocycles. The monoisotopic (exact) mass is 297 g/mol. The fourth-order valence-corrected chi connectivity index (χ4v) is 1.29. The van der Waals surface area contributed by atoms with E-state index < -0.39 is 6.36 Å².